The minimum atomic E-state index is -0.185. The molecule has 0 aliphatic rings. The Balaban J connectivity index is 1.55. The van der Waals surface area contributed by atoms with E-state index >= 15 is 0 Å². The summed E-state index contributed by atoms with van der Waals surface area (Å²) in [6.07, 6.45) is 3.48. The number of nitrogens with one attached hydrogen (secondary N) is 1. The van der Waals surface area contributed by atoms with Crippen molar-refractivity contribution >= 4 is 22.5 Å². The standard InChI is InChI=1S/C21H20N4O2/c1-24-18-9-6-10-20(27-2)17(18)11-19(24)21(26)23-16-12-22-25(14-16)13-15-7-4-3-5-8-15/h3-12,14H,13H2,1-2H3,(H,23,26). The molecular formula is C21H20N4O2. The number of carbonyl (C=O) groups excluding carboxylic acids is 1. The first-order chi connectivity index (χ1) is 13.2. The number of fused-ring (bicyclic) bond motifs is 1. The molecule has 1 amide bonds. The van der Waals surface area contributed by atoms with E-state index < -0.39 is 0 Å². The lowest BCUT2D eigenvalue weighted by molar-refractivity contribution is 0.101. The Labute approximate surface area is 157 Å². The molecule has 6 nitrogen and oxygen atoms in total. The van der Waals surface area contributed by atoms with Crippen LogP contribution in [0.3, 0.4) is 0 Å². The van der Waals surface area contributed by atoms with Crippen molar-refractivity contribution in [1.82, 2.24) is 14.3 Å². The summed E-state index contributed by atoms with van der Waals surface area (Å²) in [5, 5.41) is 8.16. The fraction of sp³-hybridized carbons (Fsp3) is 0.143. The average Bonchev–Trinajstić information content (AvgIpc) is 3.26. The molecule has 2 aromatic carbocycles. The Kier molecular flexibility index (Phi) is 4.38. The number of aryl methyl sites for hydroxylation is 1. The number of anilines is 1. The second-order valence-electron chi connectivity index (χ2n) is 6.35. The molecule has 6 heteroatoms. The molecule has 0 atom stereocenters. The monoisotopic (exact) mass is 360 g/mol. The number of amides is 1. The molecule has 0 saturated carbocycles. The quantitative estimate of drug-likeness (QED) is 0.590. The van der Waals surface area contributed by atoms with Gasteiger partial charge in [-0.3, -0.25) is 9.48 Å². The predicted octanol–water partition coefficient (Wildman–Crippen LogP) is 3.68. The van der Waals surface area contributed by atoms with E-state index in [1.54, 1.807) is 18.0 Å². The molecule has 0 radical (unpaired) electrons. The van der Waals surface area contributed by atoms with Gasteiger partial charge in [0.05, 0.1) is 31.1 Å². The maximum atomic E-state index is 12.8. The fourth-order valence-corrected chi connectivity index (χ4v) is 3.21. The van der Waals surface area contributed by atoms with Gasteiger partial charge in [0.1, 0.15) is 11.4 Å². The van der Waals surface area contributed by atoms with Crippen molar-refractivity contribution in [3.05, 3.63) is 78.2 Å². The molecular weight excluding hydrogens is 340 g/mol. The zero-order valence-corrected chi connectivity index (χ0v) is 15.2. The van der Waals surface area contributed by atoms with E-state index in [1.165, 1.54) is 0 Å². The van der Waals surface area contributed by atoms with E-state index in [1.807, 2.05) is 72.4 Å². The van der Waals surface area contributed by atoms with Gasteiger partial charge in [-0.1, -0.05) is 36.4 Å². The van der Waals surface area contributed by atoms with Crippen LogP contribution in [-0.4, -0.2) is 27.4 Å². The first-order valence-electron chi connectivity index (χ1n) is 8.66. The summed E-state index contributed by atoms with van der Waals surface area (Å²) in [6, 6.07) is 17.7. The Bertz CT molecular complexity index is 1100. The third-order valence-electron chi connectivity index (χ3n) is 4.58. The van der Waals surface area contributed by atoms with E-state index in [9.17, 15) is 4.79 Å². The minimum absolute atomic E-state index is 0.185. The number of hydrogen-bond donors (Lipinski definition) is 1. The number of ether oxygens (including phenoxy) is 1. The van der Waals surface area contributed by atoms with Gasteiger partial charge in [-0.25, -0.2) is 0 Å². The van der Waals surface area contributed by atoms with Crippen molar-refractivity contribution in [2.24, 2.45) is 7.05 Å². The number of aromatic nitrogens is 3. The molecule has 0 saturated heterocycles. The SMILES string of the molecule is COc1cccc2c1cc(C(=O)Nc1cnn(Cc3ccccc3)c1)n2C. The smallest absolute Gasteiger partial charge is 0.272 e. The van der Waals surface area contributed by atoms with E-state index in [-0.39, 0.29) is 5.91 Å². The third-order valence-corrected chi connectivity index (χ3v) is 4.58. The predicted molar refractivity (Wildman–Crippen MR) is 105 cm³/mol. The number of nitrogens with zero attached hydrogens (tertiary/aromatic N) is 3. The van der Waals surface area contributed by atoms with Crippen LogP contribution in [0.1, 0.15) is 16.1 Å². The van der Waals surface area contributed by atoms with Crippen molar-refractivity contribution in [3.8, 4) is 5.75 Å². The summed E-state index contributed by atoms with van der Waals surface area (Å²) in [5.74, 6) is 0.563. The number of rotatable bonds is 5. The highest BCUT2D eigenvalue weighted by atomic mass is 16.5. The molecule has 0 fully saturated rings. The lowest BCUT2D eigenvalue weighted by Crippen LogP contribution is -2.15. The summed E-state index contributed by atoms with van der Waals surface area (Å²) in [4.78, 5) is 12.8. The third kappa shape index (κ3) is 3.29. The van der Waals surface area contributed by atoms with E-state index in [2.05, 4.69) is 10.4 Å². The lowest BCUT2D eigenvalue weighted by atomic mass is 10.2. The minimum Gasteiger partial charge on any atom is -0.496 e. The van der Waals surface area contributed by atoms with Crippen LogP contribution in [0, 0.1) is 0 Å². The second kappa shape index (κ2) is 6.99. The summed E-state index contributed by atoms with van der Waals surface area (Å²) in [7, 11) is 3.50. The first kappa shape index (κ1) is 16.9. The largest absolute Gasteiger partial charge is 0.496 e. The molecule has 2 aromatic heterocycles. The van der Waals surface area contributed by atoms with Gasteiger partial charge in [-0.05, 0) is 23.8 Å². The summed E-state index contributed by atoms with van der Waals surface area (Å²) in [6.45, 7) is 0.655. The maximum absolute atomic E-state index is 12.8. The van der Waals surface area contributed by atoms with Gasteiger partial charge < -0.3 is 14.6 Å². The normalized spacial score (nSPS) is 10.9. The first-order valence-corrected chi connectivity index (χ1v) is 8.66. The Morgan fingerprint density at radius 2 is 1.96 bits per heavy atom. The second-order valence-corrected chi connectivity index (χ2v) is 6.35. The molecule has 4 aromatic rings. The molecule has 2 heterocycles. The number of methoxy groups -OCH3 is 1. The molecule has 0 aliphatic carbocycles. The Morgan fingerprint density at radius 3 is 2.74 bits per heavy atom. The Hall–Kier alpha value is -3.54. The van der Waals surface area contributed by atoms with Gasteiger partial charge in [-0.2, -0.15) is 5.10 Å². The van der Waals surface area contributed by atoms with Crippen molar-refractivity contribution in [1.29, 1.82) is 0 Å². The molecule has 0 spiro atoms. The Morgan fingerprint density at radius 1 is 1.15 bits per heavy atom. The maximum Gasteiger partial charge on any atom is 0.272 e. The van der Waals surface area contributed by atoms with Crippen LogP contribution < -0.4 is 10.1 Å². The van der Waals surface area contributed by atoms with Gasteiger partial charge in [0.25, 0.3) is 5.91 Å². The van der Waals surface area contributed by atoms with Crippen LogP contribution in [0.2, 0.25) is 0 Å². The van der Waals surface area contributed by atoms with Crippen molar-refractivity contribution in [3.63, 3.8) is 0 Å². The van der Waals surface area contributed by atoms with Crippen LogP contribution in [0.15, 0.2) is 67.0 Å². The molecule has 0 aliphatic heterocycles. The molecule has 1 N–H and O–H groups in total. The zero-order chi connectivity index (χ0) is 18.8. The van der Waals surface area contributed by atoms with Crippen LogP contribution in [0.25, 0.3) is 10.9 Å². The van der Waals surface area contributed by atoms with Crippen LogP contribution in [-0.2, 0) is 13.6 Å². The lowest BCUT2D eigenvalue weighted by Gasteiger charge is -2.05. The summed E-state index contributed by atoms with van der Waals surface area (Å²) in [5.41, 5.74) is 3.32. The van der Waals surface area contributed by atoms with Crippen LogP contribution in [0.5, 0.6) is 5.75 Å². The molecule has 4 rings (SSSR count). The number of hydrogen-bond acceptors (Lipinski definition) is 3. The van der Waals surface area contributed by atoms with Crippen molar-refractivity contribution < 1.29 is 9.53 Å². The zero-order valence-electron chi connectivity index (χ0n) is 15.2. The van der Waals surface area contributed by atoms with Crippen molar-refractivity contribution in [2.75, 3.05) is 12.4 Å². The summed E-state index contributed by atoms with van der Waals surface area (Å²) >= 11 is 0. The summed E-state index contributed by atoms with van der Waals surface area (Å²) < 4.78 is 9.06. The van der Waals surface area contributed by atoms with Gasteiger partial charge in [0, 0.05) is 18.6 Å². The van der Waals surface area contributed by atoms with Gasteiger partial charge in [-0.15, -0.1) is 0 Å². The highest BCUT2D eigenvalue weighted by molar-refractivity contribution is 6.07. The van der Waals surface area contributed by atoms with Crippen LogP contribution in [0.4, 0.5) is 5.69 Å². The topological polar surface area (TPSA) is 61.1 Å². The van der Waals surface area contributed by atoms with Crippen molar-refractivity contribution in [2.45, 2.75) is 6.54 Å². The van der Waals surface area contributed by atoms with Crippen LogP contribution >= 0.6 is 0 Å². The van der Waals surface area contributed by atoms with E-state index in [0.29, 0.717) is 17.9 Å². The average molecular weight is 360 g/mol. The van der Waals surface area contributed by atoms with Gasteiger partial charge in [0.2, 0.25) is 0 Å². The molecule has 0 bridgehead atoms. The van der Waals surface area contributed by atoms with E-state index in [0.717, 1.165) is 22.2 Å². The highest BCUT2D eigenvalue weighted by Crippen LogP contribution is 2.28. The fourth-order valence-electron chi connectivity index (χ4n) is 3.21. The number of benzene rings is 2. The number of carbonyl (C=O) groups is 1. The molecule has 0 unspecified atom stereocenters. The molecule has 136 valence electrons. The van der Waals surface area contributed by atoms with E-state index in [4.69, 9.17) is 4.74 Å². The van der Waals surface area contributed by atoms with Gasteiger partial charge in [0.15, 0.2) is 0 Å². The molecule has 27 heavy (non-hydrogen) atoms. The van der Waals surface area contributed by atoms with Gasteiger partial charge >= 0.3 is 0 Å². The highest BCUT2D eigenvalue weighted by Gasteiger charge is 2.16.